The normalized spacial score (nSPS) is 11.6. The molecule has 0 saturated heterocycles. The van der Waals surface area contributed by atoms with Crippen molar-refractivity contribution in [2.24, 2.45) is 5.41 Å². The van der Waals surface area contributed by atoms with Gasteiger partial charge in [0.1, 0.15) is 16.8 Å². The number of aryl methyl sites for hydroxylation is 1. The first kappa shape index (κ1) is 14.2. The maximum absolute atomic E-state index is 9.24. The third-order valence-electron chi connectivity index (χ3n) is 2.57. The molecule has 0 unspecified atom stereocenters. The first-order valence-electron chi connectivity index (χ1n) is 5.34. The molecule has 0 aliphatic heterocycles. The second-order valence-electron chi connectivity index (χ2n) is 4.58. The topological polar surface area (TPSA) is 69.5 Å². The van der Waals surface area contributed by atoms with Crippen LogP contribution in [0.2, 0.25) is 5.15 Å². The fraction of sp³-hybridized carbons (Fsp3) is 0.636. The number of aliphatic hydroxyl groups is 2. The largest absolute Gasteiger partial charge is 0.396 e. The lowest BCUT2D eigenvalue weighted by molar-refractivity contribution is 0.0761. The minimum Gasteiger partial charge on any atom is -0.396 e. The summed E-state index contributed by atoms with van der Waals surface area (Å²) >= 11 is 5.86. The first-order chi connectivity index (χ1) is 7.90. The summed E-state index contributed by atoms with van der Waals surface area (Å²) in [6, 6.07) is 1.66. The summed E-state index contributed by atoms with van der Waals surface area (Å²) in [5.74, 6) is 1.27. The van der Waals surface area contributed by atoms with Gasteiger partial charge in [0, 0.05) is 25.1 Å². The summed E-state index contributed by atoms with van der Waals surface area (Å²) in [6.07, 6.45) is 0. The summed E-state index contributed by atoms with van der Waals surface area (Å²) in [7, 11) is 1.83. The SMILES string of the molecule is Cc1nc(Cl)cc(N(C)CC(C)(CO)CO)n1. The van der Waals surface area contributed by atoms with E-state index in [1.807, 2.05) is 11.9 Å². The molecule has 1 aromatic rings. The van der Waals surface area contributed by atoms with E-state index < -0.39 is 5.41 Å². The minimum absolute atomic E-state index is 0.0916. The highest BCUT2D eigenvalue weighted by Crippen LogP contribution is 2.21. The molecule has 0 bridgehead atoms. The lowest BCUT2D eigenvalue weighted by atomic mass is 9.92. The summed E-state index contributed by atoms with van der Waals surface area (Å²) in [4.78, 5) is 10.1. The van der Waals surface area contributed by atoms with Crippen LogP contribution in [0.1, 0.15) is 12.7 Å². The molecule has 0 spiro atoms. The number of hydrogen-bond donors (Lipinski definition) is 2. The molecule has 1 heterocycles. The van der Waals surface area contributed by atoms with Gasteiger partial charge in [-0.2, -0.15) is 0 Å². The van der Waals surface area contributed by atoms with E-state index in [0.29, 0.717) is 23.3 Å². The fourth-order valence-corrected chi connectivity index (χ4v) is 1.74. The van der Waals surface area contributed by atoms with E-state index in [0.717, 1.165) is 0 Å². The van der Waals surface area contributed by atoms with Crippen LogP contribution in [0, 0.1) is 12.3 Å². The Labute approximate surface area is 106 Å². The zero-order valence-corrected chi connectivity index (χ0v) is 11.1. The van der Waals surface area contributed by atoms with Crippen LogP contribution in [0.25, 0.3) is 0 Å². The highest BCUT2D eigenvalue weighted by atomic mass is 35.5. The second kappa shape index (κ2) is 5.62. The van der Waals surface area contributed by atoms with E-state index in [2.05, 4.69) is 9.97 Å². The van der Waals surface area contributed by atoms with Crippen LogP contribution >= 0.6 is 11.6 Å². The van der Waals surface area contributed by atoms with Gasteiger partial charge in [-0.15, -0.1) is 0 Å². The van der Waals surface area contributed by atoms with Crippen molar-refractivity contribution in [3.05, 3.63) is 17.0 Å². The van der Waals surface area contributed by atoms with E-state index in [1.54, 1.807) is 19.9 Å². The summed E-state index contributed by atoms with van der Waals surface area (Å²) in [6.45, 7) is 3.86. The zero-order chi connectivity index (χ0) is 13.1. The molecular weight excluding hydrogens is 242 g/mol. The predicted octanol–water partition coefficient (Wildman–Crippen LogP) is 0.866. The molecule has 0 aliphatic rings. The van der Waals surface area contributed by atoms with Crippen molar-refractivity contribution in [2.75, 3.05) is 31.7 Å². The Kier molecular flexibility index (Phi) is 4.68. The van der Waals surface area contributed by atoms with Crippen molar-refractivity contribution in [1.29, 1.82) is 0 Å². The molecule has 0 fully saturated rings. The molecule has 0 amide bonds. The van der Waals surface area contributed by atoms with E-state index >= 15 is 0 Å². The van der Waals surface area contributed by atoms with E-state index in [9.17, 15) is 10.2 Å². The van der Waals surface area contributed by atoms with Gasteiger partial charge in [0.2, 0.25) is 0 Å². The Morgan fingerprint density at radius 3 is 2.41 bits per heavy atom. The monoisotopic (exact) mass is 259 g/mol. The van der Waals surface area contributed by atoms with Gasteiger partial charge in [-0.05, 0) is 6.92 Å². The van der Waals surface area contributed by atoms with Gasteiger partial charge in [-0.3, -0.25) is 0 Å². The van der Waals surface area contributed by atoms with Crippen molar-refractivity contribution in [1.82, 2.24) is 9.97 Å². The summed E-state index contributed by atoms with van der Waals surface area (Å²) in [5.41, 5.74) is -0.569. The lowest BCUT2D eigenvalue weighted by Crippen LogP contribution is -2.39. The molecule has 0 aromatic carbocycles. The quantitative estimate of drug-likeness (QED) is 0.768. The van der Waals surface area contributed by atoms with E-state index in [-0.39, 0.29) is 13.2 Å². The molecule has 2 N–H and O–H groups in total. The van der Waals surface area contributed by atoms with Gasteiger partial charge >= 0.3 is 0 Å². The van der Waals surface area contributed by atoms with Crippen LogP contribution in [-0.2, 0) is 0 Å². The van der Waals surface area contributed by atoms with Crippen LogP contribution in [0.5, 0.6) is 0 Å². The number of nitrogens with zero attached hydrogens (tertiary/aromatic N) is 3. The summed E-state index contributed by atoms with van der Waals surface area (Å²) in [5, 5.41) is 18.9. The Morgan fingerprint density at radius 1 is 1.35 bits per heavy atom. The highest BCUT2D eigenvalue weighted by Gasteiger charge is 2.25. The molecule has 5 nitrogen and oxygen atoms in total. The molecular formula is C11H18ClN3O2. The first-order valence-corrected chi connectivity index (χ1v) is 5.72. The maximum atomic E-state index is 9.24. The van der Waals surface area contributed by atoms with Gasteiger partial charge in [0.05, 0.1) is 13.2 Å². The molecule has 1 rings (SSSR count). The lowest BCUT2D eigenvalue weighted by Gasteiger charge is -2.31. The van der Waals surface area contributed by atoms with Gasteiger partial charge in [0.15, 0.2) is 0 Å². The molecule has 1 aromatic heterocycles. The van der Waals surface area contributed by atoms with Crippen LogP contribution in [0.15, 0.2) is 6.07 Å². The Hall–Kier alpha value is -0.910. The number of anilines is 1. The number of aliphatic hydroxyl groups excluding tert-OH is 2. The predicted molar refractivity (Wildman–Crippen MR) is 67.3 cm³/mol. The van der Waals surface area contributed by atoms with E-state index in [1.165, 1.54) is 0 Å². The van der Waals surface area contributed by atoms with Crippen molar-refractivity contribution < 1.29 is 10.2 Å². The number of halogens is 1. The van der Waals surface area contributed by atoms with Crippen molar-refractivity contribution in [3.8, 4) is 0 Å². The average molecular weight is 260 g/mol. The van der Waals surface area contributed by atoms with Crippen molar-refractivity contribution in [2.45, 2.75) is 13.8 Å². The van der Waals surface area contributed by atoms with Gasteiger partial charge in [-0.1, -0.05) is 18.5 Å². The number of aromatic nitrogens is 2. The third-order valence-corrected chi connectivity index (χ3v) is 2.76. The van der Waals surface area contributed by atoms with Crippen LogP contribution in [0.4, 0.5) is 5.82 Å². The molecule has 6 heteroatoms. The number of hydrogen-bond acceptors (Lipinski definition) is 5. The standard InChI is InChI=1S/C11H18ClN3O2/c1-8-13-9(12)4-10(14-8)15(3)5-11(2,6-16)7-17/h4,16-17H,5-7H2,1-3H3. The molecule has 0 saturated carbocycles. The molecule has 0 radical (unpaired) electrons. The van der Waals surface area contributed by atoms with Gasteiger partial charge in [-0.25, -0.2) is 9.97 Å². The summed E-state index contributed by atoms with van der Waals surface area (Å²) < 4.78 is 0. The zero-order valence-electron chi connectivity index (χ0n) is 10.3. The van der Waals surface area contributed by atoms with Crippen LogP contribution in [0.3, 0.4) is 0 Å². The van der Waals surface area contributed by atoms with Crippen molar-refractivity contribution in [3.63, 3.8) is 0 Å². The minimum atomic E-state index is -0.569. The second-order valence-corrected chi connectivity index (χ2v) is 4.97. The average Bonchev–Trinajstić information content (AvgIpc) is 2.27. The van der Waals surface area contributed by atoms with Crippen LogP contribution in [-0.4, -0.2) is 47.0 Å². The fourth-order valence-electron chi connectivity index (χ4n) is 1.52. The molecule has 0 atom stereocenters. The molecule has 0 aliphatic carbocycles. The van der Waals surface area contributed by atoms with Gasteiger partial charge < -0.3 is 15.1 Å². The van der Waals surface area contributed by atoms with Gasteiger partial charge in [0.25, 0.3) is 0 Å². The Balaban J connectivity index is 2.85. The third kappa shape index (κ3) is 3.80. The maximum Gasteiger partial charge on any atom is 0.134 e. The van der Waals surface area contributed by atoms with Crippen molar-refractivity contribution >= 4 is 17.4 Å². The smallest absolute Gasteiger partial charge is 0.134 e. The Bertz CT molecular complexity index is 363. The van der Waals surface area contributed by atoms with E-state index in [4.69, 9.17) is 11.6 Å². The molecule has 96 valence electrons. The Morgan fingerprint density at radius 2 is 1.94 bits per heavy atom. The number of rotatable bonds is 5. The highest BCUT2D eigenvalue weighted by molar-refractivity contribution is 6.29. The molecule has 17 heavy (non-hydrogen) atoms. The van der Waals surface area contributed by atoms with Crippen LogP contribution < -0.4 is 4.90 Å².